The second-order valence-electron chi connectivity index (χ2n) is 8.74. The van der Waals surface area contributed by atoms with Crippen LogP contribution in [-0.2, 0) is 11.2 Å². The van der Waals surface area contributed by atoms with E-state index >= 15 is 0 Å². The van der Waals surface area contributed by atoms with Gasteiger partial charge in [0.25, 0.3) is 11.8 Å². The molecule has 2 aromatic carbocycles. The second kappa shape index (κ2) is 7.62. The molecule has 0 aromatic heterocycles. The van der Waals surface area contributed by atoms with E-state index in [0.717, 1.165) is 28.7 Å². The van der Waals surface area contributed by atoms with Crippen LogP contribution in [0.1, 0.15) is 34.3 Å². The van der Waals surface area contributed by atoms with Crippen molar-refractivity contribution in [3.05, 3.63) is 64.7 Å². The van der Waals surface area contributed by atoms with Gasteiger partial charge in [-0.15, -0.1) is 0 Å². The number of aliphatic hydroxyl groups excluding tert-OH is 1. The van der Waals surface area contributed by atoms with Gasteiger partial charge in [0.15, 0.2) is 0 Å². The third-order valence-electron chi connectivity index (χ3n) is 6.57. The average Bonchev–Trinajstić information content (AvgIpc) is 3.43. The summed E-state index contributed by atoms with van der Waals surface area (Å²) in [6.45, 7) is 1.97. The van der Waals surface area contributed by atoms with Crippen molar-refractivity contribution in [1.82, 2.24) is 9.80 Å². The smallest absolute Gasteiger partial charge is 0.254 e. The molecule has 6 nitrogen and oxygen atoms in total. The number of benzene rings is 2. The van der Waals surface area contributed by atoms with Gasteiger partial charge in [-0.1, -0.05) is 30.3 Å². The topological polar surface area (TPSA) is 81.1 Å². The highest BCUT2D eigenvalue weighted by Crippen LogP contribution is 2.37. The molecule has 1 aliphatic heterocycles. The number of amides is 2. The van der Waals surface area contributed by atoms with E-state index in [4.69, 9.17) is 0 Å². The molecule has 0 unspecified atom stereocenters. The Morgan fingerprint density at radius 1 is 0.903 bits per heavy atom. The number of hydrogen-bond donors (Lipinski definition) is 2. The highest BCUT2D eigenvalue weighted by atomic mass is 16.3. The molecule has 5 rings (SSSR count). The van der Waals surface area contributed by atoms with Crippen LogP contribution in [-0.4, -0.2) is 70.2 Å². The second-order valence-corrected chi connectivity index (χ2v) is 8.74. The molecule has 31 heavy (non-hydrogen) atoms. The SMILES string of the molecule is O=C(c1ccc(-c2ccc3c(c2)C=C(CO)C3)cc1)N1CCN(C(=O)C2(O)CC2)CC1. The molecule has 0 radical (unpaired) electrons. The first-order valence-electron chi connectivity index (χ1n) is 10.8. The van der Waals surface area contributed by atoms with Gasteiger partial charge in [-0.3, -0.25) is 9.59 Å². The highest BCUT2D eigenvalue weighted by Gasteiger charge is 2.50. The lowest BCUT2D eigenvalue weighted by molar-refractivity contribution is -0.143. The van der Waals surface area contributed by atoms with Crippen LogP contribution in [0, 0.1) is 0 Å². The largest absolute Gasteiger partial charge is 0.392 e. The molecule has 2 aliphatic carbocycles. The van der Waals surface area contributed by atoms with E-state index in [1.807, 2.05) is 30.3 Å². The Bertz CT molecular complexity index is 1060. The maximum absolute atomic E-state index is 12.9. The summed E-state index contributed by atoms with van der Waals surface area (Å²) in [6, 6.07) is 13.9. The predicted molar refractivity (Wildman–Crippen MR) is 117 cm³/mol. The van der Waals surface area contributed by atoms with Crippen LogP contribution in [0.25, 0.3) is 17.2 Å². The number of fused-ring (bicyclic) bond motifs is 1. The fraction of sp³-hybridized carbons (Fsp3) is 0.360. The van der Waals surface area contributed by atoms with Gasteiger partial charge in [0, 0.05) is 31.7 Å². The zero-order chi connectivity index (χ0) is 21.6. The fourth-order valence-electron chi connectivity index (χ4n) is 4.41. The van der Waals surface area contributed by atoms with Gasteiger partial charge in [-0.2, -0.15) is 0 Å². The molecule has 6 heteroatoms. The van der Waals surface area contributed by atoms with Crippen LogP contribution in [0.4, 0.5) is 0 Å². The lowest BCUT2D eigenvalue weighted by atomic mass is 9.99. The minimum absolute atomic E-state index is 0.0340. The van der Waals surface area contributed by atoms with Crippen LogP contribution in [0.5, 0.6) is 0 Å². The summed E-state index contributed by atoms with van der Waals surface area (Å²) in [5, 5.41) is 19.4. The third kappa shape index (κ3) is 3.77. The first-order chi connectivity index (χ1) is 15.0. The Hall–Kier alpha value is -2.96. The lowest BCUT2D eigenvalue weighted by Crippen LogP contribution is -2.53. The fourth-order valence-corrected chi connectivity index (χ4v) is 4.41. The molecule has 1 heterocycles. The van der Waals surface area contributed by atoms with Gasteiger partial charge in [-0.25, -0.2) is 0 Å². The van der Waals surface area contributed by atoms with Crippen LogP contribution in [0.3, 0.4) is 0 Å². The number of nitrogens with zero attached hydrogens (tertiary/aromatic N) is 2. The number of piperazine rings is 1. The number of aliphatic hydroxyl groups is 2. The molecule has 1 saturated carbocycles. The molecule has 0 bridgehead atoms. The van der Waals surface area contributed by atoms with E-state index in [1.54, 1.807) is 9.80 Å². The van der Waals surface area contributed by atoms with Crippen LogP contribution >= 0.6 is 0 Å². The molecule has 2 aromatic rings. The van der Waals surface area contributed by atoms with Crippen molar-refractivity contribution in [2.24, 2.45) is 0 Å². The van der Waals surface area contributed by atoms with E-state index < -0.39 is 5.60 Å². The van der Waals surface area contributed by atoms with Gasteiger partial charge < -0.3 is 20.0 Å². The van der Waals surface area contributed by atoms with Crippen molar-refractivity contribution in [2.75, 3.05) is 32.8 Å². The van der Waals surface area contributed by atoms with Gasteiger partial charge in [-0.05, 0) is 65.3 Å². The van der Waals surface area contributed by atoms with Crippen molar-refractivity contribution in [3.8, 4) is 11.1 Å². The van der Waals surface area contributed by atoms with E-state index in [0.29, 0.717) is 44.6 Å². The molecule has 2 amide bonds. The molecule has 3 aliphatic rings. The Balaban J connectivity index is 1.24. The summed E-state index contributed by atoms with van der Waals surface area (Å²) in [5.41, 5.74) is 5.01. The quantitative estimate of drug-likeness (QED) is 0.797. The normalized spacial score (nSPS) is 19.1. The maximum Gasteiger partial charge on any atom is 0.254 e. The Kier molecular flexibility index (Phi) is 4.91. The molecule has 0 atom stereocenters. The average molecular weight is 418 g/mol. The Morgan fingerprint density at radius 2 is 1.55 bits per heavy atom. The summed E-state index contributed by atoms with van der Waals surface area (Å²) in [6.07, 6.45) is 3.93. The Morgan fingerprint density at radius 3 is 2.19 bits per heavy atom. The lowest BCUT2D eigenvalue weighted by Gasteiger charge is -2.35. The standard InChI is InChI=1S/C25H26N2O4/c28-16-17-13-20-5-6-21(15-22(20)14-17)18-1-3-19(4-2-18)23(29)26-9-11-27(12-10-26)24(30)25(31)7-8-25/h1-6,14-15,28,31H,7-13,16H2. The van der Waals surface area contributed by atoms with Crippen molar-refractivity contribution >= 4 is 17.9 Å². The van der Waals surface area contributed by atoms with Gasteiger partial charge in [0.1, 0.15) is 5.60 Å². The first-order valence-corrected chi connectivity index (χ1v) is 10.8. The minimum atomic E-state index is -1.14. The monoisotopic (exact) mass is 418 g/mol. The highest BCUT2D eigenvalue weighted by molar-refractivity contribution is 5.95. The third-order valence-corrected chi connectivity index (χ3v) is 6.57. The van der Waals surface area contributed by atoms with E-state index in [9.17, 15) is 19.8 Å². The summed E-state index contributed by atoms with van der Waals surface area (Å²) in [4.78, 5) is 28.6. The zero-order valence-electron chi connectivity index (χ0n) is 17.4. The summed E-state index contributed by atoms with van der Waals surface area (Å²) < 4.78 is 0. The molecule has 160 valence electrons. The summed E-state index contributed by atoms with van der Waals surface area (Å²) in [7, 11) is 0. The Labute approximate surface area is 181 Å². The number of hydrogen-bond acceptors (Lipinski definition) is 4. The van der Waals surface area contributed by atoms with Crippen LogP contribution in [0.15, 0.2) is 48.0 Å². The predicted octanol–water partition coefficient (Wildman–Crippen LogP) is 2.09. The molecule has 1 saturated heterocycles. The molecular formula is C25H26N2O4. The minimum Gasteiger partial charge on any atom is -0.392 e. The molecule has 2 N–H and O–H groups in total. The van der Waals surface area contributed by atoms with Crippen LogP contribution in [0.2, 0.25) is 0 Å². The van der Waals surface area contributed by atoms with E-state index in [2.05, 4.69) is 18.2 Å². The molecule has 0 spiro atoms. The van der Waals surface area contributed by atoms with Crippen LogP contribution < -0.4 is 0 Å². The zero-order valence-corrected chi connectivity index (χ0v) is 17.4. The number of carbonyl (C=O) groups excluding carboxylic acids is 2. The number of carbonyl (C=O) groups is 2. The van der Waals surface area contributed by atoms with Gasteiger partial charge >= 0.3 is 0 Å². The van der Waals surface area contributed by atoms with Crippen molar-refractivity contribution in [3.63, 3.8) is 0 Å². The van der Waals surface area contributed by atoms with E-state index in [-0.39, 0.29) is 18.4 Å². The van der Waals surface area contributed by atoms with Crippen molar-refractivity contribution in [1.29, 1.82) is 0 Å². The summed E-state index contributed by atoms with van der Waals surface area (Å²) >= 11 is 0. The maximum atomic E-state index is 12.9. The van der Waals surface area contributed by atoms with Crippen molar-refractivity contribution in [2.45, 2.75) is 24.9 Å². The van der Waals surface area contributed by atoms with Gasteiger partial charge in [0.05, 0.1) is 6.61 Å². The number of rotatable bonds is 4. The van der Waals surface area contributed by atoms with E-state index in [1.165, 1.54) is 5.56 Å². The molecular weight excluding hydrogens is 392 g/mol. The summed E-state index contributed by atoms with van der Waals surface area (Å²) in [5.74, 6) is -0.229. The molecule has 2 fully saturated rings. The van der Waals surface area contributed by atoms with Crippen molar-refractivity contribution < 1.29 is 19.8 Å². The van der Waals surface area contributed by atoms with Gasteiger partial charge in [0.2, 0.25) is 0 Å². The first kappa shape index (κ1) is 20.0.